The van der Waals surface area contributed by atoms with Gasteiger partial charge in [-0.2, -0.15) is 18.3 Å². The van der Waals surface area contributed by atoms with Crippen LogP contribution in [0.3, 0.4) is 0 Å². The summed E-state index contributed by atoms with van der Waals surface area (Å²) in [6.07, 6.45) is -2.88. The molecule has 2 rings (SSSR count). The number of rotatable bonds is 3. The van der Waals surface area contributed by atoms with Crippen LogP contribution in [0.15, 0.2) is 35.3 Å². The second-order valence-corrected chi connectivity index (χ2v) is 7.16. The van der Waals surface area contributed by atoms with E-state index in [-0.39, 0.29) is 5.02 Å². The van der Waals surface area contributed by atoms with Crippen molar-refractivity contribution in [1.29, 1.82) is 0 Å². The number of aromatic nitrogens is 2. The number of benzene rings is 1. The maximum absolute atomic E-state index is 12.6. The molecule has 0 fully saturated rings. The lowest BCUT2D eigenvalue weighted by molar-refractivity contribution is -0.137. The van der Waals surface area contributed by atoms with Gasteiger partial charge < -0.3 is 4.90 Å². The molecule has 0 aliphatic carbocycles. The second-order valence-electron chi connectivity index (χ2n) is 6.78. The molecule has 0 spiro atoms. The molecule has 0 radical (unpaired) electrons. The molecule has 8 heteroatoms. The number of hydrogen-bond acceptors (Lipinski definition) is 3. The first kappa shape index (κ1) is 19.3. The predicted molar refractivity (Wildman–Crippen MR) is 92.1 cm³/mol. The molecule has 0 bridgehead atoms. The zero-order valence-corrected chi connectivity index (χ0v) is 15.1. The summed E-state index contributed by atoms with van der Waals surface area (Å²) in [4.78, 5) is 14.0. The van der Waals surface area contributed by atoms with Gasteiger partial charge >= 0.3 is 6.18 Å². The highest BCUT2D eigenvalue weighted by molar-refractivity contribution is 6.33. The largest absolute Gasteiger partial charge is 0.416 e. The van der Waals surface area contributed by atoms with Gasteiger partial charge in [-0.1, -0.05) is 23.7 Å². The van der Waals surface area contributed by atoms with Gasteiger partial charge in [0.15, 0.2) is 0 Å². The fourth-order valence-corrected chi connectivity index (χ4v) is 2.60. The highest BCUT2D eigenvalue weighted by Crippen LogP contribution is 2.29. The van der Waals surface area contributed by atoms with Gasteiger partial charge in [0.25, 0.3) is 5.56 Å². The number of halogens is 4. The van der Waals surface area contributed by atoms with Crippen LogP contribution < -0.4 is 10.5 Å². The van der Waals surface area contributed by atoms with E-state index in [1.807, 2.05) is 20.8 Å². The summed E-state index contributed by atoms with van der Waals surface area (Å²) >= 11 is 6.19. The molecule has 0 N–H and O–H groups in total. The molecule has 2 aromatic rings. The number of hydrogen-bond donors (Lipinski definition) is 0. The normalized spacial score (nSPS) is 12.3. The van der Waals surface area contributed by atoms with E-state index in [0.29, 0.717) is 17.8 Å². The van der Waals surface area contributed by atoms with E-state index >= 15 is 0 Å². The summed E-state index contributed by atoms with van der Waals surface area (Å²) in [6.45, 7) is 5.80. The van der Waals surface area contributed by atoms with Crippen LogP contribution in [-0.2, 0) is 18.3 Å². The molecule has 25 heavy (non-hydrogen) atoms. The Kier molecular flexibility index (Phi) is 5.18. The van der Waals surface area contributed by atoms with Crippen LogP contribution in [0, 0.1) is 0 Å². The molecule has 1 aromatic carbocycles. The monoisotopic (exact) mass is 373 g/mol. The highest BCUT2D eigenvalue weighted by Gasteiger charge is 2.30. The van der Waals surface area contributed by atoms with Crippen LogP contribution in [0.1, 0.15) is 31.9 Å². The average molecular weight is 374 g/mol. The Balaban J connectivity index is 2.26. The summed E-state index contributed by atoms with van der Waals surface area (Å²) in [5, 5.41) is 4.18. The van der Waals surface area contributed by atoms with Crippen LogP contribution in [0.4, 0.5) is 18.9 Å². The number of nitrogens with zero attached hydrogens (tertiary/aromatic N) is 3. The zero-order chi connectivity index (χ0) is 19.0. The number of anilines is 1. The molecule has 0 amide bonds. The maximum Gasteiger partial charge on any atom is 0.416 e. The fourth-order valence-electron chi connectivity index (χ4n) is 2.33. The average Bonchev–Trinajstić information content (AvgIpc) is 2.48. The molecular formula is C17H19ClF3N3O. The lowest BCUT2D eigenvalue weighted by Gasteiger charge is -2.24. The molecule has 0 unspecified atom stereocenters. The standard InChI is InChI=1S/C17H19ClF3N3O/c1-16(2,3)24-15(25)14(18)13(9-22-24)23(4)10-11-5-7-12(8-6-11)17(19,20)21/h5-9H,10H2,1-4H3. The molecule has 0 aliphatic heterocycles. The Bertz CT molecular complexity index is 808. The van der Waals surface area contributed by atoms with Crippen LogP contribution in [0.2, 0.25) is 5.02 Å². The zero-order valence-electron chi connectivity index (χ0n) is 14.4. The van der Waals surface area contributed by atoms with Gasteiger partial charge in [-0.3, -0.25) is 4.79 Å². The van der Waals surface area contributed by atoms with Crippen molar-refractivity contribution in [1.82, 2.24) is 9.78 Å². The van der Waals surface area contributed by atoms with Crippen molar-refractivity contribution in [2.45, 2.75) is 39.0 Å². The van der Waals surface area contributed by atoms with Crippen molar-refractivity contribution in [3.8, 4) is 0 Å². The van der Waals surface area contributed by atoms with Gasteiger partial charge in [-0.25, -0.2) is 4.68 Å². The Morgan fingerprint density at radius 1 is 1.16 bits per heavy atom. The van der Waals surface area contributed by atoms with Gasteiger partial charge in [0.1, 0.15) is 5.02 Å². The summed E-state index contributed by atoms with van der Waals surface area (Å²) in [5.41, 5.74) is -0.540. The maximum atomic E-state index is 12.6. The summed E-state index contributed by atoms with van der Waals surface area (Å²) in [5.74, 6) is 0. The topological polar surface area (TPSA) is 38.1 Å². The van der Waals surface area contributed by atoms with Crippen molar-refractivity contribution in [2.24, 2.45) is 0 Å². The Morgan fingerprint density at radius 3 is 2.20 bits per heavy atom. The molecule has 136 valence electrons. The summed E-state index contributed by atoms with van der Waals surface area (Å²) < 4.78 is 39.1. The van der Waals surface area contributed by atoms with E-state index in [9.17, 15) is 18.0 Å². The van der Waals surface area contributed by atoms with Crippen molar-refractivity contribution >= 4 is 17.3 Å². The van der Waals surface area contributed by atoms with Gasteiger partial charge in [0.2, 0.25) is 0 Å². The Hall–Kier alpha value is -2.02. The fraction of sp³-hybridized carbons (Fsp3) is 0.412. The molecule has 1 aromatic heterocycles. The minimum atomic E-state index is -4.37. The van der Waals surface area contributed by atoms with Gasteiger partial charge in [-0.05, 0) is 38.5 Å². The third-order valence-corrected chi connectivity index (χ3v) is 4.00. The van der Waals surface area contributed by atoms with Crippen LogP contribution in [0.25, 0.3) is 0 Å². The van der Waals surface area contributed by atoms with Crippen molar-refractivity contribution in [3.63, 3.8) is 0 Å². The van der Waals surface area contributed by atoms with Crippen LogP contribution in [0.5, 0.6) is 0 Å². The smallest absolute Gasteiger partial charge is 0.368 e. The molecule has 1 heterocycles. The molecule has 0 atom stereocenters. The van der Waals surface area contributed by atoms with E-state index < -0.39 is 22.8 Å². The first-order valence-electron chi connectivity index (χ1n) is 7.57. The van der Waals surface area contributed by atoms with Crippen molar-refractivity contribution in [3.05, 3.63) is 57.0 Å². The molecule has 0 aliphatic rings. The predicted octanol–water partition coefficient (Wildman–Crippen LogP) is 4.31. The third-order valence-electron chi connectivity index (χ3n) is 3.65. The minimum Gasteiger partial charge on any atom is -0.368 e. The number of alkyl halides is 3. The Morgan fingerprint density at radius 2 is 1.72 bits per heavy atom. The van der Waals surface area contributed by atoms with Gasteiger partial charge in [-0.15, -0.1) is 0 Å². The SMILES string of the molecule is CN(Cc1ccc(C(F)(F)F)cc1)c1cnn(C(C)(C)C)c(=O)c1Cl. The molecule has 4 nitrogen and oxygen atoms in total. The molecule has 0 saturated heterocycles. The highest BCUT2D eigenvalue weighted by atomic mass is 35.5. The Labute approximate surface area is 148 Å². The molecular weight excluding hydrogens is 355 g/mol. The van der Waals surface area contributed by atoms with E-state index in [2.05, 4.69) is 5.10 Å². The third kappa shape index (κ3) is 4.34. The second kappa shape index (κ2) is 6.71. The van der Waals surface area contributed by atoms with Crippen LogP contribution >= 0.6 is 11.6 Å². The summed E-state index contributed by atoms with van der Waals surface area (Å²) in [6, 6.07) is 4.86. The van der Waals surface area contributed by atoms with Gasteiger partial charge in [0, 0.05) is 13.6 Å². The van der Waals surface area contributed by atoms with Crippen molar-refractivity contribution < 1.29 is 13.2 Å². The lowest BCUT2D eigenvalue weighted by atomic mass is 10.1. The van der Waals surface area contributed by atoms with E-state index in [1.165, 1.54) is 23.0 Å². The quantitative estimate of drug-likeness (QED) is 0.804. The first-order chi connectivity index (χ1) is 11.4. The van der Waals surface area contributed by atoms with Gasteiger partial charge in [0.05, 0.1) is 23.0 Å². The summed E-state index contributed by atoms with van der Waals surface area (Å²) in [7, 11) is 1.70. The first-order valence-corrected chi connectivity index (χ1v) is 7.94. The van der Waals surface area contributed by atoms with E-state index in [1.54, 1.807) is 11.9 Å². The molecule has 0 saturated carbocycles. The van der Waals surface area contributed by atoms with E-state index in [4.69, 9.17) is 11.6 Å². The van der Waals surface area contributed by atoms with E-state index in [0.717, 1.165) is 12.1 Å². The minimum absolute atomic E-state index is 0.0272. The van der Waals surface area contributed by atoms with Crippen LogP contribution in [-0.4, -0.2) is 16.8 Å². The van der Waals surface area contributed by atoms with Crippen molar-refractivity contribution in [2.75, 3.05) is 11.9 Å². The lowest BCUT2D eigenvalue weighted by Crippen LogP contribution is -2.37.